The maximum atomic E-state index is 14.0. The summed E-state index contributed by atoms with van der Waals surface area (Å²) >= 11 is 5.78. The van der Waals surface area contributed by atoms with Gasteiger partial charge in [-0.05, 0) is 75.0 Å². The van der Waals surface area contributed by atoms with Crippen LogP contribution in [0.15, 0.2) is 61.3 Å². The van der Waals surface area contributed by atoms with E-state index in [0.717, 1.165) is 28.3 Å². The minimum atomic E-state index is -0.240. The fourth-order valence-corrected chi connectivity index (χ4v) is 4.80. The second kappa shape index (κ2) is 7.83. The van der Waals surface area contributed by atoms with E-state index >= 15 is 0 Å². The van der Waals surface area contributed by atoms with E-state index in [1.54, 1.807) is 31.8 Å². The van der Waals surface area contributed by atoms with Gasteiger partial charge in [0.05, 0.1) is 17.8 Å². The first-order valence-electron chi connectivity index (χ1n) is 10.3. The van der Waals surface area contributed by atoms with Crippen LogP contribution in [0.4, 0.5) is 10.1 Å². The Kier molecular flexibility index (Phi) is 4.97. The number of benzene rings is 1. The van der Waals surface area contributed by atoms with Gasteiger partial charge in [-0.1, -0.05) is 6.07 Å². The lowest BCUT2D eigenvalue weighted by Crippen LogP contribution is -2.29. The summed E-state index contributed by atoms with van der Waals surface area (Å²) in [6, 6.07) is 12.7. The molecule has 4 aromatic rings. The molecule has 1 saturated heterocycles. The van der Waals surface area contributed by atoms with Crippen molar-refractivity contribution in [1.29, 1.82) is 0 Å². The van der Waals surface area contributed by atoms with E-state index in [9.17, 15) is 4.39 Å². The van der Waals surface area contributed by atoms with E-state index in [4.69, 9.17) is 12.2 Å². The Morgan fingerprint density at radius 2 is 1.81 bits per heavy atom. The van der Waals surface area contributed by atoms with Gasteiger partial charge in [-0.25, -0.2) is 9.07 Å². The highest BCUT2D eigenvalue weighted by Crippen LogP contribution is 2.43. The van der Waals surface area contributed by atoms with Gasteiger partial charge < -0.3 is 10.2 Å². The highest BCUT2D eigenvalue weighted by molar-refractivity contribution is 7.80. The highest BCUT2D eigenvalue weighted by Gasteiger charge is 2.42. The molecule has 5 rings (SSSR count). The van der Waals surface area contributed by atoms with E-state index in [0.29, 0.717) is 10.7 Å². The molecular weight excluding hydrogens is 425 g/mol. The quantitative estimate of drug-likeness (QED) is 0.477. The number of nitrogens with zero attached hydrogens (tertiary/aromatic N) is 6. The van der Waals surface area contributed by atoms with E-state index in [-0.39, 0.29) is 17.9 Å². The molecule has 1 aliphatic heterocycles. The van der Waals surface area contributed by atoms with Crippen LogP contribution in [-0.4, -0.2) is 29.6 Å². The molecule has 3 aromatic heterocycles. The summed E-state index contributed by atoms with van der Waals surface area (Å²) in [4.78, 5) is 6.65. The molecule has 0 radical (unpaired) electrons. The van der Waals surface area contributed by atoms with Crippen molar-refractivity contribution in [2.45, 2.75) is 32.9 Å². The number of halogens is 1. The number of aromatic nitrogens is 5. The standard InChI is InChI=1S/C23H22FN7S/c1-14-10-17(7-8-19(14)24)30-22(21(28-23(30)32)20-6-4-5-9-25-20)18-11-15(2)31(16(18)3)29-12-26-27-13-29/h4-13,21-22H,1-3H3,(H,28,32)/t21-,22-/m0/s1. The molecule has 0 saturated carbocycles. The molecule has 1 N–H and O–H groups in total. The number of aryl methyl sites for hydroxylation is 2. The van der Waals surface area contributed by atoms with Crippen molar-refractivity contribution in [2.24, 2.45) is 0 Å². The van der Waals surface area contributed by atoms with Crippen LogP contribution in [0.5, 0.6) is 0 Å². The van der Waals surface area contributed by atoms with Gasteiger partial charge >= 0.3 is 0 Å². The number of anilines is 1. The maximum Gasteiger partial charge on any atom is 0.174 e. The van der Waals surface area contributed by atoms with Gasteiger partial charge in [0.1, 0.15) is 18.5 Å². The van der Waals surface area contributed by atoms with Crippen molar-refractivity contribution >= 4 is 23.0 Å². The van der Waals surface area contributed by atoms with Gasteiger partial charge in [0.25, 0.3) is 0 Å². The first kappa shape index (κ1) is 20.3. The zero-order chi connectivity index (χ0) is 22.4. The van der Waals surface area contributed by atoms with Gasteiger partial charge in [0.2, 0.25) is 0 Å². The Morgan fingerprint density at radius 3 is 2.50 bits per heavy atom. The lowest BCUT2D eigenvalue weighted by Gasteiger charge is -2.28. The summed E-state index contributed by atoms with van der Waals surface area (Å²) in [7, 11) is 0. The third-order valence-electron chi connectivity index (χ3n) is 5.91. The van der Waals surface area contributed by atoms with Gasteiger partial charge in [-0.15, -0.1) is 10.2 Å². The Labute approximate surface area is 190 Å². The first-order valence-corrected chi connectivity index (χ1v) is 10.7. The molecule has 32 heavy (non-hydrogen) atoms. The fourth-order valence-electron chi connectivity index (χ4n) is 4.46. The van der Waals surface area contributed by atoms with Crippen molar-refractivity contribution in [1.82, 2.24) is 29.9 Å². The zero-order valence-electron chi connectivity index (χ0n) is 17.9. The SMILES string of the molecule is Cc1cc(N2C(=S)N[C@@H](c3ccccn3)[C@@H]2c2cc(C)n(-n3cnnc3)c2C)ccc1F. The molecule has 0 amide bonds. The van der Waals surface area contributed by atoms with Crippen molar-refractivity contribution in [3.63, 3.8) is 0 Å². The molecule has 4 heterocycles. The summed E-state index contributed by atoms with van der Waals surface area (Å²) in [6.07, 6.45) is 5.11. The Hall–Kier alpha value is -3.59. The van der Waals surface area contributed by atoms with Crippen molar-refractivity contribution in [3.8, 4) is 0 Å². The average Bonchev–Trinajstić information content (AvgIpc) is 3.49. The number of thiocarbonyl (C=S) groups is 1. The number of pyridine rings is 1. The summed E-state index contributed by atoms with van der Waals surface area (Å²) in [5, 5.41) is 11.9. The molecule has 9 heteroatoms. The van der Waals surface area contributed by atoms with Crippen molar-refractivity contribution in [3.05, 3.63) is 95.3 Å². The van der Waals surface area contributed by atoms with Crippen LogP contribution in [0.3, 0.4) is 0 Å². The monoisotopic (exact) mass is 447 g/mol. The molecule has 1 aliphatic rings. The molecule has 0 unspecified atom stereocenters. The summed E-state index contributed by atoms with van der Waals surface area (Å²) in [6.45, 7) is 5.86. The Balaban J connectivity index is 1.69. The van der Waals surface area contributed by atoms with Crippen LogP contribution in [0.25, 0.3) is 0 Å². The molecule has 1 aromatic carbocycles. The van der Waals surface area contributed by atoms with Crippen LogP contribution in [0, 0.1) is 26.6 Å². The molecule has 7 nitrogen and oxygen atoms in total. The van der Waals surface area contributed by atoms with Gasteiger partial charge in [-0.2, -0.15) is 0 Å². The third kappa shape index (κ3) is 3.25. The minimum Gasteiger partial charge on any atom is -0.351 e. The van der Waals surface area contributed by atoms with Crippen LogP contribution in [0.1, 0.15) is 40.3 Å². The lowest BCUT2D eigenvalue weighted by molar-refractivity contribution is 0.557. The van der Waals surface area contributed by atoms with Crippen LogP contribution in [0.2, 0.25) is 0 Å². The summed E-state index contributed by atoms with van der Waals surface area (Å²) < 4.78 is 17.9. The Bertz CT molecular complexity index is 1280. The van der Waals surface area contributed by atoms with E-state index in [2.05, 4.69) is 43.1 Å². The highest BCUT2D eigenvalue weighted by atomic mass is 32.1. The summed E-state index contributed by atoms with van der Waals surface area (Å²) in [5.74, 6) is -0.240. The number of rotatable bonds is 4. The zero-order valence-corrected chi connectivity index (χ0v) is 18.7. The third-order valence-corrected chi connectivity index (χ3v) is 6.22. The normalized spacial score (nSPS) is 18.2. The molecule has 0 bridgehead atoms. The number of hydrogen-bond donors (Lipinski definition) is 1. The minimum absolute atomic E-state index is 0.177. The molecule has 0 spiro atoms. The van der Waals surface area contributed by atoms with Crippen LogP contribution >= 0.6 is 12.2 Å². The average molecular weight is 448 g/mol. The van der Waals surface area contributed by atoms with Crippen molar-refractivity contribution < 1.29 is 4.39 Å². The number of nitrogens with one attached hydrogen (secondary N) is 1. The van der Waals surface area contributed by atoms with Crippen LogP contribution < -0.4 is 10.2 Å². The maximum absolute atomic E-state index is 14.0. The predicted octanol–water partition coefficient (Wildman–Crippen LogP) is 4.03. The van der Waals surface area contributed by atoms with Gasteiger partial charge in [0, 0.05) is 28.8 Å². The Morgan fingerprint density at radius 1 is 1.03 bits per heavy atom. The molecule has 1 fully saturated rings. The van der Waals surface area contributed by atoms with Gasteiger partial charge in [0.15, 0.2) is 5.11 Å². The molecule has 162 valence electrons. The molecular formula is C23H22FN7S. The first-order chi connectivity index (χ1) is 15.5. The second-order valence-corrected chi connectivity index (χ2v) is 8.30. The van der Waals surface area contributed by atoms with E-state index in [1.165, 1.54) is 6.07 Å². The molecule has 2 atom stereocenters. The fraction of sp³-hybridized carbons (Fsp3) is 0.217. The lowest BCUT2D eigenvalue weighted by atomic mass is 9.96. The largest absolute Gasteiger partial charge is 0.351 e. The topological polar surface area (TPSA) is 63.8 Å². The van der Waals surface area contributed by atoms with Gasteiger partial charge in [-0.3, -0.25) is 9.66 Å². The van der Waals surface area contributed by atoms with E-state index < -0.39 is 0 Å². The molecule has 0 aliphatic carbocycles. The smallest absolute Gasteiger partial charge is 0.174 e. The van der Waals surface area contributed by atoms with Crippen LogP contribution in [-0.2, 0) is 0 Å². The van der Waals surface area contributed by atoms with E-state index in [1.807, 2.05) is 35.9 Å². The summed E-state index contributed by atoms with van der Waals surface area (Å²) in [5.41, 5.74) is 5.43. The van der Waals surface area contributed by atoms with Crippen molar-refractivity contribution in [2.75, 3.05) is 4.90 Å². The second-order valence-electron chi connectivity index (χ2n) is 7.91. The predicted molar refractivity (Wildman–Crippen MR) is 124 cm³/mol. The number of hydrogen-bond acceptors (Lipinski definition) is 4.